The van der Waals surface area contributed by atoms with Gasteiger partial charge in [-0.15, -0.1) is 0 Å². The first kappa shape index (κ1) is 25.7. The molecule has 6 aromatic carbocycles. The van der Waals surface area contributed by atoms with Crippen molar-refractivity contribution in [2.75, 3.05) is 0 Å². The van der Waals surface area contributed by atoms with Gasteiger partial charge in [0.05, 0.1) is 11.1 Å². The van der Waals surface area contributed by atoms with Gasteiger partial charge in [0.15, 0.2) is 6.29 Å². The number of halogens is 3. The average Bonchev–Trinajstić information content (AvgIpc) is 2.96. The largest absolute Gasteiger partial charge is 0.422 e. The van der Waals surface area contributed by atoms with Crippen molar-refractivity contribution in [1.29, 1.82) is 0 Å². The Balaban J connectivity index is 0.000000214. The predicted molar refractivity (Wildman–Crippen MR) is 147 cm³/mol. The van der Waals surface area contributed by atoms with Crippen LogP contribution in [0.2, 0.25) is 0 Å². The van der Waals surface area contributed by atoms with E-state index in [1.807, 2.05) is 66.7 Å². The minimum atomic E-state index is -4.49. The zero-order chi connectivity index (χ0) is 27.4. The molecule has 0 aromatic heterocycles. The normalized spacial score (nSPS) is 11.2. The number of rotatable bonds is 3. The van der Waals surface area contributed by atoms with Crippen LogP contribution in [0.25, 0.3) is 32.3 Å². The van der Waals surface area contributed by atoms with E-state index in [0.29, 0.717) is 5.56 Å². The van der Waals surface area contributed by atoms with Crippen LogP contribution in [0.4, 0.5) is 13.2 Å². The first-order valence-electron chi connectivity index (χ1n) is 12.1. The van der Waals surface area contributed by atoms with E-state index >= 15 is 0 Å². The molecule has 0 bridgehead atoms. The maximum atomic E-state index is 13.2. The van der Waals surface area contributed by atoms with Crippen molar-refractivity contribution in [2.45, 2.75) is 6.18 Å². The van der Waals surface area contributed by atoms with Gasteiger partial charge in [-0.05, 0) is 45.1 Å². The number of carbonyl (C=O) groups is 2. The molecule has 0 radical (unpaired) electrons. The van der Waals surface area contributed by atoms with E-state index in [1.54, 1.807) is 24.3 Å². The Morgan fingerprint density at radius 2 is 1.13 bits per heavy atom. The maximum Gasteiger partial charge on any atom is 0.417 e. The number of carbonyl (C=O) groups excluding carboxylic acids is 2. The van der Waals surface area contributed by atoms with Gasteiger partial charge >= 0.3 is 12.1 Å². The lowest BCUT2D eigenvalue weighted by Crippen LogP contribution is -2.11. The zero-order valence-corrected chi connectivity index (χ0v) is 20.5. The van der Waals surface area contributed by atoms with E-state index in [0.717, 1.165) is 39.5 Å². The van der Waals surface area contributed by atoms with E-state index in [1.165, 1.54) is 24.3 Å². The molecular formula is C33H21F3O3. The van der Waals surface area contributed by atoms with Gasteiger partial charge in [0.2, 0.25) is 0 Å². The second-order valence-corrected chi connectivity index (χ2v) is 8.76. The summed E-state index contributed by atoms with van der Waals surface area (Å²) in [4.78, 5) is 23.3. The highest BCUT2D eigenvalue weighted by Gasteiger charge is 2.33. The molecule has 0 saturated carbocycles. The Hall–Kier alpha value is -4.97. The summed E-state index contributed by atoms with van der Waals surface area (Å²) in [7, 11) is 0. The fourth-order valence-electron chi connectivity index (χ4n) is 4.52. The Bertz CT molecular complexity index is 1810. The standard InChI is InChI=1S/C22H13F3O2.C11H8O/c23-22(24,25)19-12-13-20(17-10-4-3-9-16(17)19)27-21(26)18-11-5-7-14-6-1-2-8-15(14)18;12-8-10-6-3-5-9-4-1-2-7-11(9)10/h1-13H;1-8H. The van der Waals surface area contributed by atoms with Crippen LogP contribution in [-0.4, -0.2) is 12.3 Å². The van der Waals surface area contributed by atoms with Crippen molar-refractivity contribution >= 4 is 44.6 Å². The lowest BCUT2D eigenvalue weighted by Gasteiger charge is -2.14. The number of esters is 1. The van der Waals surface area contributed by atoms with Crippen molar-refractivity contribution in [3.05, 3.63) is 138 Å². The molecule has 6 aromatic rings. The minimum absolute atomic E-state index is 0.00628. The number of aldehydes is 1. The summed E-state index contributed by atoms with van der Waals surface area (Å²) in [6.07, 6.45) is -3.60. The molecule has 192 valence electrons. The highest BCUT2D eigenvalue weighted by atomic mass is 19.4. The van der Waals surface area contributed by atoms with Gasteiger partial charge in [0, 0.05) is 10.9 Å². The van der Waals surface area contributed by atoms with Crippen LogP contribution in [-0.2, 0) is 6.18 Å². The topological polar surface area (TPSA) is 43.4 Å². The maximum absolute atomic E-state index is 13.2. The number of benzene rings is 6. The van der Waals surface area contributed by atoms with E-state index in [2.05, 4.69) is 0 Å². The fourth-order valence-corrected chi connectivity index (χ4v) is 4.52. The van der Waals surface area contributed by atoms with Crippen LogP contribution < -0.4 is 4.74 Å². The van der Waals surface area contributed by atoms with Crippen molar-refractivity contribution in [1.82, 2.24) is 0 Å². The molecule has 0 aliphatic carbocycles. The van der Waals surface area contributed by atoms with Gasteiger partial charge < -0.3 is 4.74 Å². The number of ether oxygens (including phenoxy) is 1. The minimum Gasteiger partial charge on any atom is -0.422 e. The molecule has 0 aliphatic heterocycles. The number of hydrogen-bond acceptors (Lipinski definition) is 3. The average molecular weight is 523 g/mol. The lowest BCUT2D eigenvalue weighted by atomic mass is 10.0. The third-order valence-electron chi connectivity index (χ3n) is 6.35. The summed E-state index contributed by atoms with van der Waals surface area (Å²) in [5.74, 6) is -0.520. The van der Waals surface area contributed by atoms with E-state index in [9.17, 15) is 22.8 Å². The van der Waals surface area contributed by atoms with Crippen LogP contribution in [0.5, 0.6) is 5.75 Å². The predicted octanol–water partition coefficient (Wildman–Crippen LogP) is 8.88. The van der Waals surface area contributed by atoms with Crippen LogP contribution >= 0.6 is 0 Å². The Kier molecular flexibility index (Phi) is 7.10. The highest BCUT2D eigenvalue weighted by Crippen LogP contribution is 2.38. The van der Waals surface area contributed by atoms with Gasteiger partial charge in [0.25, 0.3) is 0 Å². The molecular weight excluding hydrogens is 501 g/mol. The zero-order valence-electron chi connectivity index (χ0n) is 20.5. The van der Waals surface area contributed by atoms with Crippen molar-refractivity contribution < 1.29 is 27.5 Å². The fraction of sp³-hybridized carbons (Fsp3) is 0.0303. The first-order valence-corrected chi connectivity index (χ1v) is 12.1. The number of hydrogen-bond donors (Lipinski definition) is 0. The molecule has 0 heterocycles. The quantitative estimate of drug-likeness (QED) is 0.132. The molecule has 0 aliphatic rings. The first-order chi connectivity index (χ1) is 18.9. The number of alkyl halides is 3. The molecule has 0 saturated heterocycles. The summed E-state index contributed by atoms with van der Waals surface area (Å²) in [5.41, 5.74) is 0.355. The van der Waals surface area contributed by atoms with E-state index < -0.39 is 17.7 Å². The van der Waals surface area contributed by atoms with Crippen LogP contribution in [0.15, 0.2) is 121 Å². The Morgan fingerprint density at radius 3 is 1.79 bits per heavy atom. The summed E-state index contributed by atoms with van der Waals surface area (Å²) < 4.78 is 45.2. The molecule has 0 spiro atoms. The molecule has 6 heteroatoms. The van der Waals surface area contributed by atoms with E-state index in [4.69, 9.17) is 4.74 Å². The molecule has 0 unspecified atom stereocenters. The second kappa shape index (κ2) is 10.8. The lowest BCUT2D eigenvalue weighted by molar-refractivity contribution is -0.136. The van der Waals surface area contributed by atoms with Crippen LogP contribution in [0.1, 0.15) is 26.3 Å². The van der Waals surface area contributed by atoms with Gasteiger partial charge in [-0.1, -0.05) is 103 Å². The van der Waals surface area contributed by atoms with Crippen LogP contribution in [0, 0.1) is 0 Å². The van der Waals surface area contributed by atoms with Crippen molar-refractivity contribution in [3.63, 3.8) is 0 Å². The Labute approximate surface area is 222 Å². The summed E-state index contributed by atoms with van der Waals surface area (Å²) in [6, 6.07) is 34.3. The van der Waals surface area contributed by atoms with Crippen molar-refractivity contribution in [2.24, 2.45) is 0 Å². The Morgan fingerprint density at radius 1 is 0.590 bits per heavy atom. The van der Waals surface area contributed by atoms with Gasteiger partial charge in [-0.3, -0.25) is 4.79 Å². The molecule has 3 nitrogen and oxygen atoms in total. The molecule has 0 atom stereocenters. The summed E-state index contributed by atoms with van der Waals surface area (Å²) in [6.45, 7) is 0. The summed E-state index contributed by atoms with van der Waals surface area (Å²) in [5, 5.41) is 3.97. The smallest absolute Gasteiger partial charge is 0.417 e. The van der Waals surface area contributed by atoms with Gasteiger partial charge in [0.1, 0.15) is 5.75 Å². The van der Waals surface area contributed by atoms with Crippen molar-refractivity contribution in [3.8, 4) is 5.75 Å². The second-order valence-electron chi connectivity index (χ2n) is 8.76. The van der Waals surface area contributed by atoms with Gasteiger partial charge in [-0.2, -0.15) is 13.2 Å². The van der Waals surface area contributed by atoms with E-state index in [-0.39, 0.29) is 16.5 Å². The monoisotopic (exact) mass is 522 g/mol. The summed E-state index contributed by atoms with van der Waals surface area (Å²) >= 11 is 0. The third kappa shape index (κ3) is 5.36. The molecule has 39 heavy (non-hydrogen) atoms. The highest BCUT2D eigenvalue weighted by molar-refractivity contribution is 6.06. The van der Waals surface area contributed by atoms with Crippen LogP contribution in [0.3, 0.4) is 0 Å². The third-order valence-corrected chi connectivity index (χ3v) is 6.35. The number of fused-ring (bicyclic) bond motifs is 3. The molecule has 6 rings (SSSR count). The molecule has 0 amide bonds. The molecule has 0 N–H and O–H groups in total. The van der Waals surface area contributed by atoms with Gasteiger partial charge in [-0.25, -0.2) is 4.79 Å². The molecule has 0 fully saturated rings. The SMILES string of the molecule is O=C(Oc1ccc(C(F)(F)F)c2ccccc12)c1cccc2ccccc12.O=Cc1cccc2ccccc12.